The summed E-state index contributed by atoms with van der Waals surface area (Å²) < 4.78 is 24.9. The number of sulfonamides is 1. The van der Waals surface area contributed by atoms with Crippen LogP contribution in [0, 0.1) is 0 Å². The summed E-state index contributed by atoms with van der Waals surface area (Å²) in [5.41, 5.74) is 6.48. The molecular weight excluding hydrogens is 266 g/mol. The largest absolute Gasteiger partial charge is 0.409 e. The lowest BCUT2D eigenvalue weighted by atomic mass is 10.2. The summed E-state index contributed by atoms with van der Waals surface area (Å²) >= 11 is 0. The molecule has 0 aliphatic carbocycles. The molecule has 1 rings (SSSR count). The lowest BCUT2D eigenvalue weighted by Crippen LogP contribution is -2.40. The SMILES string of the molecule is CN(c1ccc(C(N)=NO)cc1)S(=O)(=O)C(C)(C)C. The van der Waals surface area contributed by atoms with Crippen molar-refractivity contribution in [2.45, 2.75) is 25.5 Å². The van der Waals surface area contributed by atoms with Crippen LogP contribution in [0.1, 0.15) is 26.3 Å². The van der Waals surface area contributed by atoms with Gasteiger partial charge in [0, 0.05) is 12.6 Å². The highest BCUT2D eigenvalue weighted by Crippen LogP contribution is 2.25. The number of nitrogens with zero attached hydrogens (tertiary/aromatic N) is 2. The van der Waals surface area contributed by atoms with Gasteiger partial charge in [-0.05, 0) is 45.0 Å². The van der Waals surface area contributed by atoms with Crippen molar-refractivity contribution in [3.05, 3.63) is 29.8 Å². The summed E-state index contributed by atoms with van der Waals surface area (Å²) in [6.45, 7) is 4.93. The maximum atomic E-state index is 12.3. The van der Waals surface area contributed by atoms with Crippen molar-refractivity contribution in [2.24, 2.45) is 10.9 Å². The van der Waals surface area contributed by atoms with Crippen LogP contribution in [0.3, 0.4) is 0 Å². The molecular formula is C12H19N3O3S. The topological polar surface area (TPSA) is 96.0 Å². The second-order valence-corrected chi connectivity index (χ2v) is 7.84. The standard InChI is InChI=1S/C12H19N3O3S/c1-12(2,3)19(17,18)15(4)10-7-5-9(6-8-10)11(13)14-16/h5-8,16H,1-4H3,(H2,13,14). The molecule has 0 saturated carbocycles. The van der Waals surface area contributed by atoms with E-state index in [1.54, 1.807) is 45.0 Å². The Bertz CT molecular complexity index is 571. The predicted octanol–water partition coefficient (Wildman–Crippen LogP) is 1.35. The lowest BCUT2D eigenvalue weighted by molar-refractivity contribution is 0.318. The summed E-state index contributed by atoms with van der Waals surface area (Å²) in [7, 11) is -1.95. The highest BCUT2D eigenvalue weighted by atomic mass is 32.2. The van der Waals surface area contributed by atoms with Gasteiger partial charge in [0.15, 0.2) is 5.84 Å². The van der Waals surface area contributed by atoms with Gasteiger partial charge >= 0.3 is 0 Å². The van der Waals surface area contributed by atoms with Gasteiger partial charge in [0.05, 0.1) is 10.4 Å². The fourth-order valence-electron chi connectivity index (χ4n) is 1.45. The Balaban J connectivity index is 3.13. The van der Waals surface area contributed by atoms with Crippen LogP contribution in [0.5, 0.6) is 0 Å². The first kappa shape index (κ1) is 15.3. The minimum Gasteiger partial charge on any atom is -0.409 e. The van der Waals surface area contributed by atoms with Crippen LogP contribution in [-0.2, 0) is 10.0 Å². The normalized spacial score (nSPS) is 13.4. The average Bonchev–Trinajstić information content (AvgIpc) is 2.35. The Hall–Kier alpha value is -1.76. The van der Waals surface area contributed by atoms with Gasteiger partial charge in [0.25, 0.3) is 0 Å². The molecule has 0 radical (unpaired) electrons. The van der Waals surface area contributed by atoms with E-state index in [9.17, 15) is 8.42 Å². The van der Waals surface area contributed by atoms with Crippen LogP contribution >= 0.6 is 0 Å². The number of hydrogen-bond donors (Lipinski definition) is 2. The van der Waals surface area contributed by atoms with Crippen molar-refractivity contribution in [3.63, 3.8) is 0 Å². The lowest BCUT2D eigenvalue weighted by Gasteiger charge is -2.28. The molecule has 0 atom stereocenters. The zero-order valence-corrected chi connectivity index (χ0v) is 12.3. The number of benzene rings is 1. The molecule has 0 saturated heterocycles. The zero-order chi connectivity index (χ0) is 14.8. The van der Waals surface area contributed by atoms with E-state index in [1.807, 2.05) is 0 Å². The summed E-state index contributed by atoms with van der Waals surface area (Å²) in [6.07, 6.45) is 0. The Labute approximate surface area is 113 Å². The zero-order valence-electron chi connectivity index (χ0n) is 11.5. The Morgan fingerprint density at radius 2 is 1.74 bits per heavy atom. The van der Waals surface area contributed by atoms with Crippen molar-refractivity contribution in [1.82, 2.24) is 0 Å². The third kappa shape index (κ3) is 2.98. The van der Waals surface area contributed by atoms with E-state index in [-0.39, 0.29) is 5.84 Å². The molecule has 1 aromatic rings. The molecule has 0 aliphatic heterocycles. The number of oxime groups is 1. The van der Waals surface area contributed by atoms with Crippen molar-refractivity contribution < 1.29 is 13.6 Å². The van der Waals surface area contributed by atoms with Crippen LogP contribution in [0.25, 0.3) is 0 Å². The molecule has 1 aromatic carbocycles. The fraction of sp³-hybridized carbons (Fsp3) is 0.417. The summed E-state index contributed by atoms with van der Waals surface area (Å²) in [4.78, 5) is 0. The van der Waals surface area contributed by atoms with Gasteiger partial charge < -0.3 is 10.9 Å². The molecule has 6 nitrogen and oxygen atoms in total. The number of nitrogens with two attached hydrogens (primary N) is 1. The van der Waals surface area contributed by atoms with Gasteiger partial charge in [-0.15, -0.1) is 0 Å². The Morgan fingerprint density at radius 1 is 1.26 bits per heavy atom. The van der Waals surface area contributed by atoms with E-state index >= 15 is 0 Å². The van der Waals surface area contributed by atoms with Crippen LogP contribution < -0.4 is 10.0 Å². The first-order valence-corrected chi connectivity index (χ1v) is 7.11. The van der Waals surface area contributed by atoms with E-state index in [0.717, 1.165) is 0 Å². The Kier molecular flexibility index (Phi) is 4.09. The smallest absolute Gasteiger partial charge is 0.239 e. The molecule has 0 aromatic heterocycles. The highest BCUT2D eigenvalue weighted by Gasteiger charge is 2.33. The van der Waals surface area contributed by atoms with Crippen LogP contribution in [-0.4, -0.2) is 31.3 Å². The van der Waals surface area contributed by atoms with E-state index in [2.05, 4.69) is 5.16 Å². The summed E-state index contributed by atoms with van der Waals surface area (Å²) in [5, 5.41) is 11.4. The molecule has 106 valence electrons. The van der Waals surface area contributed by atoms with Crippen LogP contribution in [0.15, 0.2) is 29.4 Å². The van der Waals surface area contributed by atoms with Gasteiger partial charge in [-0.3, -0.25) is 4.31 Å². The molecule has 19 heavy (non-hydrogen) atoms. The van der Waals surface area contributed by atoms with Crippen molar-refractivity contribution in [3.8, 4) is 0 Å². The average molecular weight is 285 g/mol. The van der Waals surface area contributed by atoms with Gasteiger partial charge in [0.2, 0.25) is 10.0 Å². The quantitative estimate of drug-likeness (QED) is 0.379. The van der Waals surface area contributed by atoms with Gasteiger partial charge in [-0.25, -0.2) is 8.42 Å². The molecule has 0 fully saturated rings. The van der Waals surface area contributed by atoms with E-state index < -0.39 is 14.8 Å². The van der Waals surface area contributed by atoms with Gasteiger partial charge in [-0.2, -0.15) is 0 Å². The first-order chi connectivity index (χ1) is 8.61. The minimum absolute atomic E-state index is 0.0205. The van der Waals surface area contributed by atoms with E-state index in [0.29, 0.717) is 11.3 Å². The summed E-state index contributed by atoms with van der Waals surface area (Å²) in [5.74, 6) is -0.0205. The molecule has 0 amide bonds. The van der Waals surface area contributed by atoms with Crippen molar-refractivity contribution >= 4 is 21.5 Å². The minimum atomic E-state index is -3.45. The van der Waals surface area contributed by atoms with Crippen LogP contribution in [0.2, 0.25) is 0 Å². The third-order valence-corrected chi connectivity index (χ3v) is 5.25. The second-order valence-electron chi connectivity index (χ2n) is 5.12. The van der Waals surface area contributed by atoms with Gasteiger partial charge in [-0.1, -0.05) is 5.16 Å². The highest BCUT2D eigenvalue weighted by molar-refractivity contribution is 7.94. The number of anilines is 1. The molecule has 0 heterocycles. The number of rotatable bonds is 3. The molecule has 0 spiro atoms. The van der Waals surface area contributed by atoms with Gasteiger partial charge in [0.1, 0.15) is 0 Å². The molecule has 7 heteroatoms. The monoisotopic (exact) mass is 285 g/mol. The van der Waals surface area contributed by atoms with E-state index in [4.69, 9.17) is 10.9 Å². The predicted molar refractivity (Wildman–Crippen MR) is 76.0 cm³/mol. The van der Waals surface area contributed by atoms with E-state index in [1.165, 1.54) is 11.4 Å². The molecule has 3 N–H and O–H groups in total. The third-order valence-electron chi connectivity index (χ3n) is 2.77. The van der Waals surface area contributed by atoms with Crippen LogP contribution in [0.4, 0.5) is 5.69 Å². The molecule has 0 unspecified atom stereocenters. The first-order valence-electron chi connectivity index (χ1n) is 5.67. The van der Waals surface area contributed by atoms with Crippen molar-refractivity contribution in [2.75, 3.05) is 11.4 Å². The second kappa shape index (κ2) is 5.08. The number of hydrogen-bond acceptors (Lipinski definition) is 4. The number of amidine groups is 1. The maximum Gasteiger partial charge on any atom is 0.239 e. The summed E-state index contributed by atoms with van der Waals surface area (Å²) in [6, 6.07) is 6.41. The fourth-order valence-corrected chi connectivity index (χ4v) is 2.67. The Morgan fingerprint density at radius 3 is 2.11 bits per heavy atom. The van der Waals surface area contributed by atoms with Crippen molar-refractivity contribution in [1.29, 1.82) is 0 Å². The molecule has 0 bridgehead atoms. The maximum absolute atomic E-state index is 12.3. The molecule has 0 aliphatic rings.